The molecule has 1 saturated heterocycles. The van der Waals surface area contributed by atoms with Crippen LogP contribution in [-0.4, -0.2) is 24.1 Å². The second kappa shape index (κ2) is 6.83. The minimum atomic E-state index is -0.0926. The molecule has 1 aliphatic heterocycles. The van der Waals surface area contributed by atoms with Gasteiger partial charge < -0.3 is 9.47 Å². The van der Waals surface area contributed by atoms with Gasteiger partial charge in [0, 0.05) is 6.42 Å². The Labute approximate surface area is 114 Å². The third-order valence-electron chi connectivity index (χ3n) is 3.48. The van der Waals surface area contributed by atoms with E-state index >= 15 is 0 Å². The molecule has 0 unspecified atom stereocenters. The van der Waals surface area contributed by atoms with Crippen molar-refractivity contribution in [2.75, 3.05) is 0 Å². The van der Waals surface area contributed by atoms with Crippen LogP contribution in [0.4, 0.5) is 0 Å². The van der Waals surface area contributed by atoms with Gasteiger partial charge in [0.05, 0.1) is 24.9 Å². The highest BCUT2D eigenvalue weighted by Crippen LogP contribution is 2.25. The molecule has 3 atom stereocenters. The van der Waals surface area contributed by atoms with E-state index in [-0.39, 0.29) is 24.1 Å². The van der Waals surface area contributed by atoms with E-state index in [4.69, 9.17) is 9.47 Å². The van der Waals surface area contributed by atoms with Crippen molar-refractivity contribution in [1.82, 2.24) is 0 Å². The van der Waals surface area contributed by atoms with Gasteiger partial charge in [-0.15, -0.1) is 0 Å². The molecule has 1 fully saturated rings. The van der Waals surface area contributed by atoms with Crippen LogP contribution in [-0.2, 0) is 20.9 Å². The number of benzene rings is 1. The molecule has 0 aromatic heterocycles. The molecule has 0 spiro atoms. The second-order valence-corrected chi connectivity index (χ2v) is 5.30. The molecular weight excluding hydrogens is 240 g/mol. The summed E-state index contributed by atoms with van der Waals surface area (Å²) < 4.78 is 11.8. The van der Waals surface area contributed by atoms with E-state index in [0.717, 1.165) is 18.4 Å². The summed E-state index contributed by atoms with van der Waals surface area (Å²) in [5.41, 5.74) is 1.16. The molecule has 0 aliphatic carbocycles. The first-order valence-corrected chi connectivity index (χ1v) is 6.95. The number of ketones is 1. The van der Waals surface area contributed by atoms with Gasteiger partial charge in [0.2, 0.25) is 0 Å². The summed E-state index contributed by atoms with van der Waals surface area (Å²) in [6.07, 6.45) is 2.56. The van der Waals surface area contributed by atoms with Gasteiger partial charge in [-0.2, -0.15) is 0 Å². The second-order valence-electron chi connectivity index (χ2n) is 5.30. The van der Waals surface area contributed by atoms with E-state index in [1.807, 2.05) is 30.3 Å². The fourth-order valence-electron chi connectivity index (χ4n) is 2.47. The van der Waals surface area contributed by atoms with Crippen LogP contribution in [0.3, 0.4) is 0 Å². The summed E-state index contributed by atoms with van der Waals surface area (Å²) in [6.45, 7) is 4.25. The average Bonchev–Trinajstić information content (AvgIpc) is 2.38. The standard InChI is InChI=1S/C16H22O3/c1-12(17)10-16-15(9-8-13(2)19-16)18-11-14-6-4-3-5-7-14/h3-7,13,15-16H,8-11H2,1-2H3/t13-,15-,16+/m0/s1. The fourth-order valence-corrected chi connectivity index (χ4v) is 2.47. The normalized spacial score (nSPS) is 27.2. The number of rotatable bonds is 5. The quantitative estimate of drug-likeness (QED) is 0.818. The number of hydrogen-bond acceptors (Lipinski definition) is 3. The van der Waals surface area contributed by atoms with Crippen LogP contribution >= 0.6 is 0 Å². The summed E-state index contributed by atoms with van der Waals surface area (Å²) in [6, 6.07) is 10.1. The lowest BCUT2D eigenvalue weighted by Crippen LogP contribution is -2.40. The molecule has 0 N–H and O–H groups in total. The molecule has 19 heavy (non-hydrogen) atoms. The fraction of sp³-hybridized carbons (Fsp3) is 0.562. The minimum absolute atomic E-state index is 0.0281. The predicted molar refractivity (Wildman–Crippen MR) is 73.9 cm³/mol. The lowest BCUT2D eigenvalue weighted by atomic mass is 9.98. The van der Waals surface area contributed by atoms with E-state index in [9.17, 15) is 4.79 Å². The van der Waals surface area contributed by atoms with Crippen LogP contribution in [0.2, 0.25) is 0 Å². The summed E-state index contributed by atoms with van der Waals surface area (Å²) >= 11 is 0. The maximum atomic E-state index is 11.3. The maximum Gasteiger partial charge on any atom is 0.132 e. The summed E-state index contributed by atoms with van der Waals surface area (Å²) in [5.74, 6) is 0.160. The van der Waals surface area contributed by atoms with E-state index in [2.05, 4.69) is 6.92 Å². The van der Waals surface area contributed by atoms with Gasteiger partial charge in [-0.1, -0.05) is 30.3 Å². The Bertz CT molecular complexity index is 402. The van der Waals surface area contributed by atoms with Crippen LogP contribution in [0.25, 0.3) is 0 Å². The van der Waals surface area contributed by atoms with Crippen molar-refractivity contribution in [2.24, 2.45) is 0 Å². The zero-order valence-electron chi connectivity index (χ0n) is 11.7. The molecule has 104 valence electrons. The lowest BCUT2D eigenvalue weighted by molar-refractivity contribution is -0.149. The molecule has 1 heterocycles. The molecule has 3 heteroatoms. The van der Waals surface area contributed by atoms with E-state index in [1.165, 1.54) is 0 Å². The Kier molecular flexibility index (Phi) is 5.11. The molecule has 1 aliphatic rings. The number of hydrogen-bond donors (Lipinski definition) is 0. The average molecular weight is 262 g/mol. The van der Waals surface area contributed by atoms with Gasteiger partial charge in [-0.05, 0) is 32.3 Å². The van der Waals surface area contributed by atoms with Crippen LogP contribution in [0.5, 0.6) is 0 Å². The van der Waals surface area contributed by atoms with Crippen LogP contribution in [0, 0.1) is 0 Å². The molecule has 0 radical (unpaired) electrons. The largest absolute Gasteiger partial charge is 0.372 e. The number of carbonyl (C=O) groups is 1. The van der Waals surface area contributed by atoms with Crippen molar-refractivity contribution < 1.29 is 14.3 Å². The molecule has 0 amide bonds. The third-order valence-corrected chi connectivity index (χ3v) is 3.48. The Morgan fingerprint density at radius 3 is 2.74 bits per heavy atom. The van der Waals surface area contributed by atoms with Crippen LogP contribution in [0.15, 0.2) is 30.3 Å². The smallest absolute Gasteiger partial charge is 0.132 e. The zero-order valence-corrected chi connectivity index (χ0v) is 11.7. The monoisotopic (exact) mass is 262 g/mol. The highest BCUT2D eigenvalue weighted by Gasteiger charge is 2.30. The van der Waals surface area contributed by atoms with Gasteiger partial charge >= 0.3 is 0 Å². The van der Waals surface area contributed by atoms with Gasteiger partial charge in [0.25, 0.3) is 0 Å². The Hall–Kier alpha value is -1.19. The Balaban J connectivity index is 1.91. The topological polar surface area (TPSA) is 35.5 Å². The van der Waals surface area contributed by atoms with Gasteiger partial charge in [0.1, 0.15) is 5.78 Å². The molecule has 0 bridgehead atoms. The van der Waals surface area contributed by atoms with Gasteiger partial charge in [-0.3, -0.25) is 4.79 Å². The van der Waals surface area contributed by atoms with Crippen molar-refractivity contribution in [3.8, 4) is 0 Å². The van der Waals surface area contributed by atoms with Crippen LogP contribution in [0.1, 0.15) is 38.7 Å². The molecule has 1 aromatic carbocycles. The van der Waals surface area contributed by atoms with E-state index < -0.39 is 0 Å². The van der Waals surface area contributed by atoms with Crippen molar-refractivity contribution in [2.45, 2.75) is 58.0 Å². The van der Waals surface area contributed by atoms with Gasteiger partial charge in [-0.25, -0.2) is 0 Å². The van der Waals surface area contributed by atoms with Crippen molar-refractivity contribution in [3.63, 3.8) is 0 Å². The molecule has 3 nitrogen and oxygen atoms in total. The first kappa shape index (κ1) is 14.2. The van der Waals surface area contributed by atoms with Gasteiger partial charge in [0.15, 0.2) is 0 Å². The third kappa shape index (κ3) is 4.44. The zero-order chi connectivity index (χ0) is 13.7. The first-order valence-electron chi connectivity index (χ1n) is 6.95. The predicted octanol–water partition coefficient (Wildman–Crippen LogP) is 3.12. The molecule has 2 rings (SSSR count). The number of carbonyl (C=O) groups excluding carboxylic acids is 1. The van der Waals surface area contributed by atoms with E-state index in [1.54, 1.807) is 6.92 Å². The SMILES string of the molecule is CC(=O)C[C@H]1O[C@@H](C)CC[C@@H]1OCc1ccccc1. The first-order chi connectivity index (χ1) is 9.15. The summed E-state index contributed by atoms with van der Waals surface area (Å²) in [4.78, 5) is 11.3. The molecule has 0 saturated carbocycles. The van der Waals surface area contributed by atoms with E-state index in [0.29, 0.717) is 13.0 Å². The maximum absolute atomic E-state index is 11.3. The summed E-state index contributed by atoms with van der Waals surface area (Å²) in [7, 11) is 0. The highest BCUT2D eigenvalue weighted by atomic mass is 16.5. The minimum Gasteiger partial charge on any atom is -0.372 e. The van der Waals surface area contributed by atoms with Crippen molar-refractivity contribution >= 4 is 5.78 Å². The lowest BCUT2D eigenvalue weighted by Gasteiger charge is -2.34. The Morgan fingerprint density at radius 1 is 1.32 bits per heavy atom. The van der Waals surface area contributed by atoms with Crippen molar-refractivity contribution in [1.29, 1.82) is 0 Å². The van der Waals surface area contributed by atoms with Crippen LogP contribution < -0.4 is 0 Å². The molecular formula is C16H22O3. The highest BCUT2D eigenvalue weighted by molar-refractivity contribution is 5.76. The Morgan fingerprint density at radius 2 is 2.05 bits per heavy atom. The molecule has 1 aromatic rings. The summed E-state index contributed by atoms with van der Waals surface area (Å²) in [5, 5.41) is 0. The van der Waals surface area contributed by atoms with Crippen molar-refractivity contribution in [3.05, 3.63) is 35.9 Å². The number of Topliss-reactive ketones (excluding diaryl/α,β-unsaturated/α-hetero) is 1. The number of ether oxygens (including phenoxy) is 2.